The molecule has 3 fully saturated rings. The predicted molar refractivity (Wildman–Crippen MR) is 112 cm³/mol. The van der Waals surface area contributed by atoms with E-state index in [9.17, 15) is 19.5 Å². The van der Waals surface area contributed by atoms with Crippen molar-refractivity contribution in [2.24, 2.45) is 5.92 Å². The van der Waals surface area contributed by atoms with E-state index in [2.05, 4.69) is 5.32 Å². The normalized spacial score (nSPS) is 32.3. The number of rotatable bonds is 6. The van der Waals surface area contributed by atoms with Gasteiger partial charge in [-0.1, -0.05) is 37.3 Å². The lowest BCUT2D eigenvalue weighted by Crippen LogP contribution is -2.54. The Hall–Kier alpha value is -2.65. The fourth-order valence-corrected chi connectivity index (χ4v) is 4.90. The van der Waals surface area contributed by atoms with Gasteiger partial charge in [-0.2, -0.15) is 0 Å². The Kier molecular flexibility index (Phi) is 6.66. The van der Waals surface area contributed by atoms with Crippen LogP contribution in [0.15, 0.2) is 30.3 Å². The van der Waals surface area contributed by atoms with Crippen molar-refractivity contribution in [3.63, 3.8) is 0 Å². The fourth-order valence-electron chi connectivity index (χ4n) is 4.90. The summed E-state index contributed by atoms with van der Waals surface area (Å²) < 4.78 is 17.1. The molecular formula is C23H30N2O7. The molecule has 3 aliphatic rings. The topological polar surface area (TPSA) is 114 Å². The van der Waals surface area contributed by atoms with Crippen LogP contribution in [0.4, 0.5) is 4.79 Å². The van der Waals surface area contributed by atoms with Gasteiger partial charge in [0, 0.05) is 25.4 Å². The van der Waals surface area contributed by atoms with Crippen molar-refractivity contribution in [2.75, 3.05) is 13.2 Å². The smallest absolute Gasteiger partial charge is 0.408 e. The number of likely N-dealkylation sites (tertiary alicyclic amines) is 1. The van der Waals surface area contributed by atoms with E-state index >= 15 is 0 Å². The Morgan fingerprint density at radius 1 is 1.28 bits per heavy atom. The minimum Gasteiger partial charge on any atom is -0.481 e. The number of nitrogens with one attached hydrogen (secondary N) is 1. The molecule has 1 saturated carbocycles. The van der Waals surface area contributed by atoms with Gasteiger partial charge >= 0.3 is 12.1 Å². The van der Waals surface area contributed by atoms with E-state index in [1.165, 1.54) is 0 Å². The lowest BCUT2D eigenvalue weighted by Gasteiger charge is -2.43. The van der Waals surface area contributed by atoms with Crippen LogP contribution in [0, 0.1) is 5.92 Å². The Morgan fingerprint density at radius 2 is 2.06 bits per heavy atom. The van der Waals surface area contributed by atoms with Crippen molar-refractivity contribution >= 4 is 18.0 Å². The first-order chi connectivity index (χ1) is 15.4. The summed E-state index contributed by atoms with van der Waals surface area (Å²) in [7, 11) is 0. The van der Waals surface area contributed by atoms with E-state index in [1.54, 1.807) is 4.90 Å². The van der Waals surface area contributed by atoms with E-state index < -0.39 is 35.9 Å². The monoisotopic (exact) mass is 446 g/mol. The molecule has 32 heavy (non-hydrogen) atoms. The highest BCUT2D eigenvalue weighted by molar-refractivity contribution is 5.88. The summed E-state index contributed by atoms with van der Waals surface area (Å²) in [5.74, 6) is -2.89. The van der Waals surface area contributed by atoms with E-state index in [0.717, 1.165) is 12.0 Å². The Labute approximate surface area is 187 Å². The number of carboxylic acids is 1. The first-order valence-corrected chi connectivity index (χ1v) is 11.2. The largest absolute Gasteiger partial charge is 0.481 e. The second kappa shape index (κ2) is 9.46. The molecule has 5 atom stereocenters. The van der Waals surface area contributed by atoms with Crippen LogP contribution in [-0.2, 0) is 30.4 Å². The highest BCUT2D eigenvalue weighted by Crippen LogP contribution is 2.43. The summed E-state index contributed by atoms with van der Waals surface area (Å²) >= 11 is 0. The van der Waals surface area contributed by atoms with Gasteiger partial charge in [0.2, 0.25) is 5.91 Å². The number of alkyl carbamates (subject to hydrolysis) is 1. The minimum atomic E-state index is -0.965. The Balaban J connectivity index is 1.34. The van der Waals surface area contributed by atoms with Gasteiger partial charge in [-0.05, 0) is 24.8 Å². The quantitative estimate of drug-likeness (QED) is 0.689. The van der Waals surface area contributed by atoms with Crippen molar-refractivity contribution in [3.8, 4) is 0 Å². The van der Waals surface area contributed by atoms with Crippen molar-refractivity contribution in [2.45, 2.75) is 69.6 Å². The summed E-state index contributed by atoms with van der Waals surface area (Å²) in [6.07, 6.45) is 1.77. The molecule has 2 amide bonds. The van der Waals surface area contributed by atoms with Crippen LogP contribution in [0.2, 0.25) is 0 Å². The molecule has 1 aromatic rings. The van der Waals surface area contributed by atoms with Crippen LogP contribution in [0.5, 0.6) is 0 Å². The first-order valence-electron chi connectivity index (χ1n) is 11.2. The van der Waals surface area contributed by atoms with Crippen LogP contribution >= 0.6 is 0 Å². The van der Waals surface area contributed by atoms with Gasteiger partial charge in [0.15, 0.2) is 5.79 Å². The van der Waals surface area contributed by atoms with Crippen LogP contribution in [0.1, 0.15) is 44.6 Å². The predicted octanol–water partition coefficient (Wildman–Crippen LogP) is 2.29. The average Bonchev–Trinajstić information content (AvgIpc) is 3.36. The molecule has 2 aliphatic heterocycles. The summed E-state index contributed by atoms with van der Waals surface area (Å²) in [5, 5.41) is 12.5. The fraction of sp³-hybridized carbons (Fsp3) is 0.609. The standard InChI is InChI=1S/C23H30N2O7/c1-2-16-14-31-23(32-16)10-8-19(17(12-23)21(27)28)25-11-9-18(20(25)26)24-22(29)30-13-15-6-4-3-5-7-15/h3-7,16-19H,2,8-14H2,1H3,(H,24,29)(H,27,28)/t16?,17-,18?,19+,23?/m1/s1. The van der Waals surface area contributed by atoms with E-state index in [4.69, 9.17) is 14.2 Å². The molecule has 0 aromatic heterocycles. The third-order valence-electron chi connectivity index (χ3n) is 6.65. The number of carbonyl (C=O) groups is 3. The molecule has 9 nitrogen and oxygen atoms in total. The minimum absolute atomic E-state index is 0.0232. The molecule has 1 aliphatic carbocycles. The van der Waals surface area contributed by atoms with Gasteiger partial charge in [-0.3, -0.25) is 9.59 Å². The zero-order valence-corrected chi connectivity index (χ0v) is 18.2. The number of hydrogen-bond acceptors (Lipinski definition) is 6. The van der Waals surface area contributed by atoms with Crippen LogP contribution < -0.4 is 5.32 Å². The maximum absolute atomic E-state index is 13.0. The van der Waals surface area contributed by atoms with Crippen LogP contribution in [0.25, 0.3) is 0 Å². The number of ether oxygens (including phenoxy) is 3. The zero-order chi connectivity index (χ0) is 22.7. The average molecular weight is 447 g/mol. The number of carboxylic acid groups (broad SMARTS) is 1. The Morgan fingerprint density at radius 3 is 2.75 bits per heavy atom. The number of hydrogen-bond donors (Lipinski definition) is 2. The molecule has 2 N–H and O–H groups in total. The van der Waals surface area contributed by atoms with Crippen LogP contribution in [0.3, 0.4) is 0 Å². The van der Waals surface area contributed by atoms with E-state index in [1.807, 2.05) is 37.3 Å². The lowest BCUT2D eigenvalue weighted by molar-refractivity contribution is -0.210. The molecule has 4 rings (SSSR count). The third kappa shape index (κ3) is 4.73. The van der Waals surface area contributed by atoms with E-state index in [0.29, 0.717) is 32.4 Å². The summed E-state index contributed by atoms with van der Waals surface area (Å²) in [4.78, 5) is 38.8. The summed E-state index contributed by atoms with van der Waals surface area (Å²) in [6, 6.07) is 8.10. The molecule has 2 saturated heterocycles. The Bertz CT molecular complexity index is 848. The molecular weight excluding hydrogens is 416 g/mol. The molecule has 1 spiro atoms. The van der Waals surface area contributed by atoms with Crippen molar-refractivity contribution in [1.29, 1.82) is 0 Å². The van der Waals surface area contributed by atoms with Crippen molar-refractivity contribution in [3.05, 3.63) is 35.9 Å². The third-order valence-corrected chi connectivity index (χ3v) is 6.65. The van der Waals surface area contributed by atoms with Crippen molar-refractivity contribution < 1.29 is 33.7 Å². The molecule has 1 aromatic carbocycles. The first kappa shape index (κ1) is 22.5. The van der Waals surface area contributed by atoms with Gasteiger partial charge in [-0.25, -0.2) is 4.79 Å². The highest BCUT2D eigenvalue weighted by Gasteiger charge is 2.53. The van der Waals surface area contributed by atoms with Crippen molar-refractivity contribution in [1.82, 2.24) is 10.2 Å². The molecule has 9 heteroatoms. The van der Waals surface area contributed by atoms with Crippen LogP contribution in [-0.4, -0.2) is 65.1 Å². The zero-order valence-electron chi connectivity index (χ0n) is 18.2. The number of amides is 2. The number of nitrogens with zero attached hydrogens (tertiary/aromatic N) is 1. The number of aliphatic carboxylic acids is 1. The molecule has 2 heterocycles. The highest BCUT2D eigenvalue weighted by atomic mass is 16.7. The van der Waals surface area contributed by atoms with Gasteiger partial charge in [0.1, 0.15) is 12.6 Å². The lowest BCUT2D eigenvalue weighted by atomic mass is 9.79. The molecule has 0 radical (unpaired) electrons. The molecule has 0 bridgehead atoms. The molecule has 3 unspecified atom stereocenters. The number of carbonyl (C=O) groups excluding carboxylic acids is 2. The van der Waals surface area contributed by atoms with Gasteiger partial charge in [-0.15, -0.1) is 0 Å². The summed E-state index contributed by atoms with van der Waals surface area (Å²) in [6.45, 7) is 2.98. The van der Waals surface area contributed by atoms with Gasteiger partial charge in [0.05, 0.1) is 18.6 Å². The summed E-state index contributed by atoms with van der Waals surface area (Å²) in [5.41, 5.74) is 0.851. The maximum Gasteiger partial charge on any atom is 0.408 e. The second-order valence-corrected chi connectivity index (χ2v) is 8.70. The second-order valence-electron chi connectivity index (χ2n) is 8.70. The van der Waals surface area contributed by atoms with Gasteiger partial charge in [0.25, 0.3) is 0 Å². The van der Waals surface area contributed by atoms with E-state index in [-0.39, 0.29) is 25.0 Å². The number of benzene rings is 1. The molecule has 174 valence electrons. The van der Waals surface area contributed by atoms with Gasteiger partial charge < -0.3 is 29.5 Å². The SMILES string of the molecule is CCC1COC2(CC[C@H](N3CCC(NC(=O)OCc4ccccc4)C3=O)[C@H](C(=O)O)C2)O1. The maximum atomic E-state index is 13.0.